The molecule has 3 aromatic rings. The Morgan fingerprint density at radius 1 is 1.26 bits per heavy atom. The van der Waals surface area contributed by atoms with Gasteiger partial charge < -0.3 is 19.5 Å². The van der Waals surface area contributed by atoms with Crippen LogP contribution in [-0.2, 0) is 6.54 Å². The Bertz CT molecular complexity index is 1130. The van der Waals surface area contributed by atoms with Gasteiger partial charge in [0.1, 0.15) is 17.7 Å². The van der Waals surface area contributed by atoms with Crippen molar-refractivity contribution in [2.75, 3.05) is 19.5 Å². The van der Waals surface area contributed by atoms with Crippen LogP contribution in [0.3, 0.4) is 0 Å². The van der Waals surface area contributed by atoms with Crippen molar-refractivity contribution >= 4 is 17.3 Å². The fourth-order valence-corrected chi connectivity index (χ4v) is 2.95. The molecule has 0 radical (unpaired) electrons. The van der Waals surface area contributed by atoms with E-state index in [1.54, 1.807) is 25.1 Å². The molecule has 1 N–H and O–H groups in total. The number of amides is 1. The predicted molar refractivity (Wildman–Crippen MR) is 109 cm³/mol. The molecule has 2 heterocycles. The van der Waals surface area contributed by atoms with E-state index in [-0.39, 0.29) is 40.9 Å². The molecule has 0 spiro atoms. The number of hydrogen-bond donors (Lipinski definition) is 1. The van der Waals surface area contributed by atoms with Crippen LogP contribution in [0.15, 0.2) is 30.7 Å². The number of ether oxygens (including phenoxy) is 3. The molecule has 0 fully saturated rings. The van der Waals surface area contributed by atoms with E-state index in [2.05, 4.69) is 20.4 Å². The number of nitrogens with one attached hydrogen (secondary N) is 1. The Balaban J connectivity index is 1.96. The molecule has 0 aliphatic heterocycles. The molecule has 1 amide bonds. The number of para-hydroxylation sites is 1. The number of carbonyl (C=O) groups excluding carboxylic acids is 1. The van der Waals surface area contributed by atoms with Gasteiger partial charge in [-0.2, -0.15) is 10.1 Å². The van der Waals surface area contributed by atoms with Gasteiger partial charge in [0.15, 0.2) is 11.5 Å². The van der Waals surface area contributed by atoms with Gasteiger partial charge in [-0.05, 0) is 26.0 Å². The van der Waals surface area contributed by atoms with Crippen molar-refractivity contribution in [2.24, 2.45) is 0 Å². The maximum absolute atomic E-state index is 12.9. The summed E-state index contributed by atoms with van der Waals surface area (Å²) < 4.78 is 17.7. The SMILES string of the molecule is CCn1nc(C)c([N+](=O)[O-])c1C(=O)Nc1cncnc1Oc1cccc(OC)c1OC. The first-order valence-electron chi connectivity index (χ1n) is 9.13. The molecule has 31 heavy (non-hydrogen) atoms. The summed E-state index contributed by atoms with van der Waals surface area (Å²) in [6.07, 6.45) is 2.55. The lowest BCUT2D eigenvalue weighted by atomic mass is 10.2. The number of benzene rings is 1. The summed E-state index contributed by atoms with van der Waals surface area (Å²) in [5.41, 5.74) is -0.307. The molecule has 0 atom stereocenters. The number of methoxy groups -OCH3 is 2. The predicted octanol–water partition coefficient (Wildman–Crippen LogP) is 2.97. The third-order valence-corrected chi connectivity index (χ3v) is 4.29. The second kappa shape index (κ2) is 9.07. The standard InChI is InChI=1S/C19H20N6O6/c1-5-24-16(15(25(27)28)11(2)23-24)18(26)22-12-9-20-10-21-19(12)31-14-8-6-7-13(29-3)17(14)30-4/h6-10H,5H2,1-4H3,(H,22,26). The first-order valence-corrected chi connectivity index (χ1v) is 9.13. The highest BCUT2D eigenvalue weighted by molar-refractivity contribution is 6.06. The molecular weight excluding hydrogens is 408 g/mol. The molecular formula is C19H20N6O6. The zero-order valence-corrected chi connectivity index (χ0v) is 17.3. The number of hydrogen-bond acceptors (Lipinski definition) is 9. The average molecular weight is 428 g/mol. The number of carbonyl (C=O) groups is 1. The van der Waals surface area contributed by atoms with E-state index in [1.165, 1.54) is 38.3 Å². The van der Waals surface area contributed by atoms with Crippen molar-refractivity contribution in [2.45, 2.75) is 20.4 Å². The van der Waals surface area contributed by atoms with Crippen LogP contribution >= 0.6 is 0 Å². The summed E-state index contributed by atoms with van der Waals surface area (Å²) in [5, 5.41) is 18.1. The number of rotatable bonds is 8. The largest absolute Gasteiger partial charge is 0.493 e. The molecule has 0 aliphatic carbocycles. The van der Waals surface area contributed by atoms with Crippen molar-refractivity contribution in [3.63, 3.8) is 0 Å². The highest BCUT2D eigenvalue weighted by Crippen LogP contribution is 2.40. The normalized spacial score (nSPS) is 10.5. The average Bonchev–Trinajstić information content (AvgIpc) is 3.11. The van der Waals surface area contributed by atoms with E-state index >= 15 is 0 Å². The zero-order chi connectivity index (χ0) is 22.5. The van der Waals surface area contributed by atoms with E-state index in [4.69, 9.17) is 14.2 Å². The molecule has 0 unspecified atom stereocenters. The van der Waals surface area contributed by atoms with E-state index in [0.29, 0.717) is 11.5 Å². The van der Waals surface area contributed by atoms with Crippen molar-refractivity contribution in [1.29, 1.82) is 0 Å². The Hall–Kier alpha value is -4.22. The summed E-state index contributed by atoms with van der Waals surface area (Å²) in [4.78, 5) is 31.7. The minimum atomic E-state index is -0.744. The lowest BCUT2D eigenvalue weighted by molar-refractivity contribution is -0.385. The van der Waals surface area contributed by atoms with Crippen molar-refractivity contribution in [3.05, 3.63) is 52.2 Å². The molecule has 162 valence electrons. The Labute approximate surface area is 176 Å². The first kappa shape index (κ1) is 21.5. The van der Waals surface area contributed by atoms with E-state index in [0.717, 1.165) is 0 Å². The van der Waals surface area contributed by atoms with Gasteiger partial charge in [-0.25, -0.2) is 4.98 Å². The highest BCUT2D eigenvalue weighted by Gasteiger charge is 2.30. The second-order valence-corrected chi connectivity index (χ2v) is 6.14. The summed E-state index contributed by atoms with van der Waals surface area (Å²) >= 11 is 0. The maximum atomic E-state index is 12.9. The Morgan fingerprint density at radius 3 is 2.65 bits per heavy atom. The minimum absolute atomic E-state index is 0.0110. The number of nitrogens with zero attached hydrogens (tertiary/aromatic N) is 5. The topological polar surface area (TPSA) is 144 Å². The third-order valence-electron chi connectivity index (χ3n) is 4.29. The third kappa shape index (κ3) is 4.22. The summed E-state index contributed by atoms with van der Waals surface area (Å²) in [5.74, 6) is 0.327. The van der Waals surface area contributed by atoms with Crippen molar-refractivity contribution in [1.82, 2.24) is 19.7 Å². The van der Waals surface area contributed by atoms with Gasteiger partial charge in [-0.3, -0.25) is 19.6 Å². The Morgan fingerprint density at radius 2 is 2.00 bits per heavy atom. The quantitative estimate of drug-likeness (QED) is 0.423. The van der Waals surface area contributed by atoms with Crippen LogP contribution in [0.5, 0.6) is 23.1 Å². The highest BCUT2D eigenvalue weighted by atomic mass is 16.6. The van der Waals surface area contributed by atoms with Gasteiger partial charge in [0.25, 0.3) is 5.91 Å². The van der Waals surface area contributed by atoms with Gasteiger partial charge in [0.05, 0.1) is 25.3 Å². The van der Waals surface area contributed by atoms with Gasteiger partial charge in [-0.1, -0.05) is 6.07 Å². The number of anilines is 1. The molecule has 3 rings (SSSR count). The summed E-state index contributed by atoms with van der Waals surface area (Å²) in [6, 6.07) is 5.03. The minimum Gasteiger partial charge on any atom is -0.493 e. The first-order chi connectivity index (χ1) is 14.9. The molecule has 0 aliphatic rings. The molecule has 12 heteroatoms. The van der Waals surface area contributed by atoms with Crippen LogP contribution in [0.4, 0.5) is 11.4 Å². The summed E-state index contributed by atoms with van der Waals surface area (Å²) in [7, 11) is 2.95. The molecule has 0 saturated carbocycles. The lowest BCUT2D eigenvalue weighted by Crippen LogP contribution is -2.19. The van der Waals surface area contributed by atoms with Gasteiger partial charge in [0.2, 0.25) is 17.3 Å². The lowest BCUT2D eigenvalue weighted by Gasteiger charge is -2.14. The monoisotopic (exact) mass is 428 g/mol. The van der Waals surface area contributed by atoms with Gasteiger partial charge >= 0.3 is 5.69 Å². The van der Waals surface area contributed by atoms with Crippen LogP contribution in [0, 0.1) is 17.0 Å². The number of nitro groups is 1. The maximum Gasteiger partial charge on any atom is 0.322 e. The molecule has 0 saturated heterocycles. The van der Waals surface area contributed by atoms with Crippen LogP contribution in [0.1, 0.15) is 23.1 Å². The second-order valence-electron chi connectivity index (χ2n) is 6.14. The van der Waals surface area contributed by atoms with E-state index < -0.39 is 10.8 Å². The van der Waals surface area contributed by atoms with E-state index in [9.17, 15) is 14.9 Å². The molecule has 12 nitrogen and oxygen atoms in total. The van der Waals surface area contributed by atoms with E-state index in [1.807, 2.05) is 0 Å². The molecule has 2 aromatic heterocycles. The van der Waals surface area contributed by atoms with Crippen LogP contribution in [0.2, 0.25) is 0 Å². The van der Waals surface area contributed by atoms with Crippen LogP contribution in [-0.4, -0.2) is 44.8 Å². The molecule has 0 bridgehead atoms. The van der Waals surface area contributed by atoms with Gasteiger partial charge in [-0.15, -0.1) is 0 Å². The fourth-order valence-electron chi connectivity index (χ4n) is 2.95. The fraction of sp³-hybridized carbons (Fsp3) is 0.263. The molecule has 1 aromatic carbocycles. The zero-order valence-electron chi connectivity index (χ0n) is 17.3. The van der Waals surface area contributed by atoms with Crippen LogP contribution < -0.4 is 19.5 Å². The smallest absolute Gasteiger partial charge is 0.322 e. The number of aromatic nitrogens is 4. The van der Waals surface area contributed by atoms with Crippen LogP contribution in [0.25, 0.3) is 0 Å². The Kier molecular flexibility index (Phi) is 6.29. The van der Waals surface area contributed by atoms with Gasteiger partial charge in [0, 0.05) is 6.54 Å². The van der Waals surface area contributed by atoms with Crippen molar-refractivity contribution in [3.8, 4) is 23.1 Å². The summed E-state index contributed by atoms with van der Waals surface area (Å²) in [6.45, 7) is 3.46. The number of aryl methyl sites for hydroxylation is 2. The van der Waals surface area contributed by atoms with Crippen molar-refractivity contribution < 1.29 is 23.9 Å².